The van der Waals surface area contributed by atoms with Gasteiger partial charge >= 0.3 is 0 Å². The highest BCUT2D eigenvalue weighted by Crippen LogP contribution is 2.31. The van der Waals surface area contributed by atoms with Gasteiger partial charge in [-0.2, -0.15) is 5.10 Å². The van der Waals surface area contributed by atoms with E-state index in [4.69, 9.17) is 0 Å². The lowest BCUT2D eigenvalue weighted by atomic mass is 10.0. The number of pyridine rings is 2. The molecule has 0 aliphatic carbocycles. The maximum Gasteiger partial charge on any atom is 0.159 e. The summed E-state index contributed by atoms with van der Waals surface area (Å²) in [4.78, 5) is 16.4. The van der Waals surface area contributed by atoms with Crippen LogP contribution in [-0.4, -0.2) is 35.2 Å². The number of benzene rings is 2. The third kappa shape index (κ3) is 3.58. The van der Waals surface area contributed by atoms with Crippen LogP contribution in [0.5, 0.6) is 0 Å². The molecule has 1 unspecified atom stereocenters. The van der Waals surface area contributed by atoms with Gasteiger partial charge in [-0.15, -0.1) is 0 Å². The van der Waals surface area contributed by atoms with Gasteiger partial charge in [0.25, 0.3) is 0 Å². The van der Waals surface area contributed by atoms with Crippen molar-refractivity contribution in [3.8, 4) is 22.6 Å². The Morgan fingerprint density at radius 2 is 1.76 bits per heavy atom. The molecule has 2 aromatic carbocycles. The molecule has 0 amide bonds. The highest BCUT2D eigenvalue weighted by atomic mass is 16.3. The van der Waals surface area contributed by atoms with Crippen molar-refractivity contribution < 1.29 is 5.11 Å². The first-order valence-electron chi connectivity index (χ1n) is 10.5. The van der Waals surface area contributed by atoms with E-state index >= 15 is 0 Å². The summed E-state index contributed by atoms with van der Waals surface area (Å²) in [5, 5.41) is 22.1. The molecule has 6 rings (SSSR count). The quantitative estimate of drug-likeness (QED) is 0.294. The Bertz CT molecular complexity index is 1540. The fraction of sp³-hybridized carbons (Fsp3) is 0.0400. The summed E-state index contributed by atoms with van der Waals surface area (Å²) in [6, 6.07) is 19.3. The fourth-order valence-corrected chi connectivity index (χ4v) is 3.90. The third-order valence-corrected chi connectivity index (χ3v) is 5.56. The number of aromatic nitrogens is 6. The SMILES string of the molecule is OC(Nc1cncc(-c2ccc3[nH]nc(-c4nc5ccncc5[nH]4)c3c2)c1)c1ccccc1. The predicted octanol–water partition coefficient (Wildman–Crippen LogP) is 4.67. The third-order valence-electron chi connectivity index (χ3n) is 5.56. The Hall–Kier alpha value is -4.56. The van der Waals surface area contributed by atoms with Crippen LogP contribution in [0.2, 0.25) is 0 Å². The van der Waals surface area contributed by atoms with Crippen LogP contribution in [0.25, 0.3) is 44.6 Å². The number of H-pyrrole nitrogens is 2. The molecule has 6 aromatic rings. The van der Waals surface area contributed by atoms with Crippen LogP contribution in [0.4, 0.5) is 5.69 Å². The standard InChI is InChI=1S/C25H19N7O/c33-25(15-4-2-1-3-5-15)28-18-10-17(12-27-13-18)16-6-7-20-19(11-16)23(32-31-20)24-29-21-8-9-26-14-22(21)30-24/h1-14,25,28,33H,(H,29,30)(H,31,32). The average molecular weight is 433 g/mol. The lowest BCUT2D eigenvalue weighted by Gasteiger charge is -2.15. The topological polar surface area (TPSA) is 115 Å². The van der Waals surface area contributed by atoms with E-state index in [1.54, 1.807) is 24.8 Å². The van der Waals surface area contributed by atoms with E-state index < -0.39 is 6.23 Å². The lowest BCUT2D eigenvalue weighted by Crippen LogP contribution is -2.09. The highest BCUT2D eigenvalue weighted by Gasteiger charge is 2.14. The van der Waals surface area contributed by atoms with E-state index in [2.05, 4.69) is 41.5 Å². The molecule has 0 bridgehead atoms. The van der Waals surface area contributed by atoms with Gasteiger partial charge in [0, 0.05) is 28.9 Å². The van der Waals surface area contributed by atoms with Crippen LogP contribution in [0.3, 0.4) is 0 Å². The number of aromatic amines is 2. The molecule has 4 aromatic heterocycles. The number of imidazole rings is 1. The van der Waals surface area contributed by atoms with Gasteiger partial charge in [-0.05, 0) is 29.8 Å². The van der Waals surface area contributed by atoms with Crippen molar-refractivity contribution >= 4 is 27.6 Å². The van der Waals surface area contributed by atoms with Gasteiger partial charge < -0.3 is 15.4 Å². The summed E-state index contributed by atoms with van der Waals surface area (Å²) in [6.07, 6.45) is 6.14. The minimum absolute atomic E-state index is 0.681. The van der Waals surface area contributed by atoms with Crippen molar-refractivity contribution in [1.82, 2.24) is 30.1 Å². The summed E-state index contributed by atoms with van der Waals surface area (Å²) < 4.78 is 0. The van der Waals surface area contributed by atoms with E-state index in [-0.39, 0.29) is 0 Å². The summed E-state index contributed by atoms with van der Waals surface area (Å²) in [6.45, 7) is 0. The van der Waals surface area contributed by atoms with Crippen LogP contribution >= 0.6 is 0 Å². The smallest absolute Gasteiger partial charge is 0.159 e. The number of nitrogens with zero attached hydrogens (tertiary/aromatic N) is 4. The maximum absolute atomic E-state index is 10.5. The maximum atomic E-state index is 10.5. The number of hydrogen-bond acceptors (Lipinski definition) is 6. The van der Waals surface area contributed by atoms with E-state index in [1.165, 1.54) is 0 Å². The van der Waals surface area contributed by atoms with Gasteiger partial charge in [0.15, 0.2) is 12.1 Å². The van der Waals surface area contributed by atoms with Gasteiger partial charge in [0.1, 0.15) is 5.69 Å². The average Bonchev–Trinajstić information content (AvgIpc) is 3.48. The minimum atomic E-state index is -0.825. The zero-order valence-corrected chi connectivity index (χ0v) is 17.4. The van der Waals surface area contributed by atoms with Crippen molar-refractivity contribution in [1.29, 1.82) is 0 Å². The molecule has 0 radical (unpaired) electrons. The molecule has 0 saturated heterocycles. The first-order chi connectivity index (χ1) is 16.2. The summed E-state index contributed by atoms with van der Waals surface area (Å²) in [5.41, 5.74) is 6.76. The minimum Gasteiger partial charge on any atom is -0.369 e. The van der Waals surface area contributed by atoms with Crippen LogP contribution in [0, 0.1) is 0 Å². The molecule has 8 nitrogen and oxygen atoms in total. The van der Waals surface area contributed by atoms with Crippen LogP contribution in [0.15, 0.2) is 85.5 Å². The number of fused-ring (bicyclic) bond motifs is 2. The Kier molecular flexibility index (Phi) is 4.55. The van der Waals surface area contributed by atoms with E-state index in [1.807, 2.05) is 54.6 Å². The zero-order valence-electron chi connectivity index (χ0n) is 17.4. The van der Waals surface area contributed by atoms with Crippen molar-refractivity contribution in [2.45, 2.75) is 6.23 Å². The van der Waals surface area contributed by atoms with Crippen LogP contribution < -0.4 is 5.32 Å². The normalized spacial score (nSPS) is 12.3. The Morgan fingerprint density at radius 1 is 0.848 bits per heavy atom. The number of anilines is 1. The predicted molar refractivity (Wildman–Crippen MR) is 127 cm³/mol. The number of aliphatic hydroxyl groups is 1. The first kappa shape index (κ1) is 19.1. The first-order valence-corrected chi connectivity index (χ1v) is 10.5. The van der Waals surface area contributed by atoms with E-state index in [9.17, 15) is 5.11 Å². The molecule has 160 valence electrons. The molecule has 4 N–H and O–H groups in total. The molecular formula is C25H19N7O. The van der Waals surface area contributed by atoms with Crippen molar-refractivity contribution in [2.24, 2.45) is 0 Å². The lowest BCUT2D eigenvalue weighted by molar-refractivity contribution is 0.208. The Balaban J connectivity index is 1.35. The second kappa shape index (κ2) is 7.85. The molecule has 33 heavy (non-hydrogen) atoms. The van der Waals surface area contributed by atoms with Gasteiger partial charge in [0.05, 0.1) is 34.6 Å². The van der Waals surface area contributed by atoms with E-state index in [0.717, 1.165) is 50.0 Å². The van der Waals surface area contributed by atoms with Gasteiger partial charge in [-0.1, -0.05) is 36.4 Å². The van der Waals surface area contributed by atoms with Gasteiger partial charge in [-0.3, -0.25) is 15.1 Å². The summed E-state index contributed by atoms with van der Waals surface area (Å²) in [5.74, 6) is 0.681. The van der Waals surface area contributed by atoms with Crippen LogP contribution in [-0.2, 0) is 0 Å². The molecule has 4 heterocycles. The Morgan fingerprint density at radius 3 is 2.64 bits per heavy atom. The summed E-state index contributed by atoms with van der Waals surface area (Å²) >= 11 is 0. The second-order valence-electron chi connectivity index (χ2n) is 7.73. The van der Waals surface area contributed by atoms with Crippen LogP contribution in [0.1, 0.15) is 11.8 Å². The molecular weight excluding hydrogens is 414 g/mol. The van der Waals surface area contributed by atoms with Gasteiger partial charge in [0.2, 0.25) is 0 Å². The number of nitrogens with one attached hydrogen (secondary N) is 3. The zero-order chi connectivity index (χ0) is 22.2. The Labute approximate surface area is 188 Å². The molecule has 0 aliphatic rings. The van der Waals surface area contributed by atoms with Crippen molar-refractivity contribution in [3.63, 3.8) is 0 Å². The van der Waals surface area contributed by atoms with E-state index in [0.29, 0.717) is 5.82 Å². The molecule has 0 aliphatic heterocycles. The second-order valence-corrected chi connectivity index (χ2v) is 7.73. The highest BCUT2D eigenvalue weighted by molar-refractivity contribution is 5.95. The summed E-state index contributed by atoms with van der Waals surface area (Å²) in [7, 11) is 0. The molecule has 0 saturated carbocycles. The molecule has 8 heteroatoms. The number of aliphatic hydroxyl groups excluding tert-OH is 1. The van der Waals surface area contributed by atoms with Gasteiger partial charge in [-0.25, -0.2) is 4.98 Å². The van der Waals surface area contributed by atoms with Crippen molar-refractivity contribution in [2.75, 3.05) is 5.32 Å². The number of hydrogen-bond donors (Lipinski definition) is 4. The van der Waals surface area contributed by atoms with Crippen molar-refractivity contribution in [3.05, 3.63) is 91.0 Å². The largest absolute Gasteiger partial charge is 0.369 e. The number of rotatable bonds is 5. The molecule has 1 atom stereocenters. The fourth-order valence-electron chi connectivity index (χ4n) is 3.90. The molecule has 0 spiro atoms. The monoisotopic (exact) mass is 433 g/mol. The molecule has 0 fully saturated rings.